The molecule has 0 bridgehead atoms. The summed E-state index contributed by atoms with van der Waals surface area (Å²) >= 11 is -11.2. The molecule has 8 heteroatoms. The van der Waals surface area contributed by atoms with Gasteiger partial charge in [-0.25, -0.2) is 0 Å². The summed E-state index contributed by atoms with van der Waals surface area (Å²) in [6, 6.07) is 0. The van der Waals surface area contributed by atoms with Crippen LogP contribution in [0.1, 0.15) is 36.0 Å². The number of rotatable bonds is 0. The van der Waals surface area contributed by atoms with Gasteiger partial charge >= 0.3 is 37.8 Å². The van der Waals surface area contributed by atoms with Gasteiger partial charge in [-0.05, 0) is 44.8 Å². The first-order chi connectivity index (χ1) is 7.00. The van der Waals surface area contributed by atoms with Crippen molar-refractivity contribution < 1.29 is 38.4 Å². The molecule has 0 unspecified atom stereocenters. The average molecular weight is 565 g/mol. The van der Waals surface area contributed by atoms with E-state index in [0.29, 0.717) is 5.92 Å². The molecule has 0 spiro atoms. The molecular weight excluding hydrogens is 548 g/mol. The molecule has 0 aromatic heterocycles. The summed E-state index contributed by atoms with van der Waals surface area (Å²) in [4.78, 5) is 0. The fourth-order valence-electron chi connectivity index (χ4n) is 1.57. The van der Waals surface area contributed by atoms with E-state index in [1.54, 1.807) is 11.1 Å². The van der Waals surface area contributed by atoms with Gasteiger partial charge in [0.1, 0.15) is 0 Å². The maximum absolute atomic E-state index is 11.2. The quantitative estimate of drug-likeness (QED) is 0.267. The van der Waals surface area contributed by atoms with Gasteiger partial charge in [0.05, 0.1) is 0 Å². The fourth-order valence-corrected chi connectivity index (χ4v) is 1.57. The van der Waals surface area contributed by atoms with E-state index < -0.39 is 19.5 Å². The standard InChI is InChI=1S/C10H16.6FH.Ir.Sb/c1-6-7(2)9(4)10(5)8(6)3;;;;;;;;/h6H,1-5H3;6*1H;;/q;;;;;;;;+5/p-5. The molecule has 0 saturated carbocycles. The molecule has 0 amide bonds. The summed E-state index contributed by atoms with van der Waals surface area (Å²) < 4.78 is 59.6. The van der Waals surface area contributed by atoms with E-state index >= 15 is 0 Å². The molecule has 0 saturated heterocycles. The molecule has 0 heterocycles. The van der Waals surface area contributed by atoms with Gasteiger partial charge in [0.25, 0.3) is 0 Å². The largest absolute Gasteiger partial charge is 1.00 e. The molecule has 18 heavy (non-hydrogen) atoms. The van der Waals surface area contributed by atoms with Crippen molar-refractivity contribution in [3.8, 4) is 0 Å². The second-order valence-corrected chi connectivity index (χ2v) is 9.77. The summed E-state index contributed by atoms with van der Waals surface area (Å²) in [6.45, 7) is 11.2. The van der Waals surface area contributed by atoms with Crippen LogP contribution in [0, 0.1) is 5.92 Å². The molecule has 1 rings (SSSR count). The van der Waals surface area contributed by atoms with Gasteiger partial charge < -0.3 is 0 Å². The minimum absolute atomic E-state index is 0. The van der Waals surface area contributed by atoms with Crippen LogP contribution in [0.25, 0.3) is 0 Å². The van der Waals surface area contributed by atoms with E-state index in [4.69, 9.17) is 0 Å². The molecule has 0 aromatic rings. The zero-order valence-corrected chi connectivity index (χ0v) is 15.6. The zero-order valence-electron chi connectivity index (χ0n) is 11.6. The molecule has 1 aliphatic carbocycles. The van der Waals surface area contributed by atoms with Crippen LogP contribution in [-0.2, 0) is 20.1 Å². The normalized spacial score (nSPS) is 20.8. The van der Waals surface area contributed by atoms with Gasteiger partial charge in [-0.15, -0.1) is 0 Å². The van der Waals surface area contributed by atoms with Gasteiger partial charge in [-0.2, -0.15) is 0 Å². The Morgan fingerprint density at radius 3 is 1.00 bits per heavy atom. The number of hydrogen-bond donors (Lipinski definition) is 0. The predicted molar refractivity (Wildman–Crippen MR) is 59.4 cm³/mol. The van der Waals surface area contributed by atoms with Crippen molar-refractivity contribution in [2.75, 3.05) is 0 Å². The minimum Gasteiger partial charge on any atom is 0 e. The second kappa shape index (κ2) is 5.14. The molecule has 1 aliphatic rings. The Hall–Kier alpha value is 0.528. The summed E-state index contributed by atoms with van der Waals surface area (Å²) in [5.41, 5.74) is 6.11. The first-order valence-electron chi connectivity index (χ1n) is 4.92. The van der Waals surface area contributed by atoms with Crippen molar-refractivity contribution in [3.05, 3.63) is 22.3 Å². The van der Waals surface area contributed by atoms with Crippen LogP contribution in [0.2, 0.25) is 0 Å². The van der Waals surface area contributed by atoms with Gasteiger partial charge in [-0.1, -0.05) is 18.1 Å². The molecular formula is C10H17F6IrSb. The molecule has 0 atom stereocenters. The van der Waals surface area contributed by atoms with E-state index in [0.717, 1.165) is 0 Å². The third-order valence-corrected chi connectivity index (χ3v) is 3.04. The van der Waals surface area contributed by atoms with Crippen LogP contribution >= 0.6 is 0 Å². The van der Waals surface area contributed by atoms with Gasteiger partial charge in [-0.3, -0.25) is 0 Å². The van der Waals surface area contributed by atoms with Gasteiger partial charge in [0.2, 0.25) is 0 Å². The van der Waals surface area contributed by atoms with Crippen molar-refractivity contribution in [2.24, 2.45) is 5.92 Å². The molecule has 1 radical (unpaired) electrons. The Labute approximate surface area is 120 Å². The third kappa shape index (κ3) is 9.46. The van der Waals surface area contributed by atoms with Crippen LogP contribution < -0.4 is 0 Å². The van der Waals surface area contributed by atoms with E-state index in [9.17, 15) is 16.9 Å². The Balaban J connectivity index is -0.000000258. The molecule has 0 N–H and O–H groups in total. The van der Waals surface area contributed by atoms with E-state index in [1.165, 1.54) is 11.1 Å². The SMILES string of the molecule is CC1=C(C)C(C)C(C)=C1C.[F][Sb-]([F])([F])([F])([F])[F].[H+].[Ir]. The monoisotopic (exact) mass is 565 g/mol. The first kappa shape index (κ1) is 20.8. The topological polar surface area (TPSA) is 0 Å². The maximum atomic E-state index is 9.93. The van der Waals surface area contributed by atoms with Crippen LogP contribution in [0.5, 0.6) is 0 Å². The van der Waals surface area contributed by atoms with Crippen molar-refractivity contribution in [1.82, 2.24) is 0 Å². The summed E-state index contributed by atoms with van der Waals surface area (Å²) in [5, 5.41) is 0. The molecule has 0 aromatic carbocycles. The zero-order chi connectivity index (χ0) is 14.3. The van der Waals surface area contributed by atoms with Gasteiger partial charge in [0, 0.05) is 20.1 Å². The van der Waals surface area contributed by atoms with Crippen molar-refractivity contribution in [2.45, 2.75) is 34.6 Å². The molecule has 113 valence electrons. The van der Waals surface area contributed by atoms with Crippen LogP contribution in [-0.4, -0.2) is 19.5 Å². The minimum atomic E-state index is -11.2. The van der Waals surface area contributed by atoms with Crippen LogP contribution in [0.3, 0.4) is 0 Å². The predicted octanol–water partition coefficient (Wildman–Crippen LogP) is 5.56. The maximum Gasteiger partial charge on any atom is 1.00 e. The third-order valence-electron chi connectivity index (χ3n) is 3.04. The average Bonchev–Trinajstić information content (AvgIpc) is 2.18. The number of halogens is 6. The number of allylic oxidation sites excluding steroid dienone is 4. The van der Waals surface area contributed by atoms with E-state index in [-0.39, 0.29) is 21.5 Å². The van der Waals surface area contributed by atoms with E-state index in [2.05, 4.69) is 34.6 Å². The van der Waals surface area contributed by atoms with Crippen LogP contribution in [0.4, 0.5) is 16.9 Å². The molecule has 0 fully saturated rings. The Morgan fingerprint density at radius 2 is 0.944 bits per heavy atom. The molecule has 0 aliphatic heterocycles. The second-order valence-electron chi connectivity index (χ2n) is 4.30. The smallest absolute Gasteiger partial charge is 0 e. The Bertz CT molecular complexity index is 359. The number of hydrogen-bond acceptors (Lipinski definition) is 0. The first-order valence-corrected chi connectivity index (χ1v) is 10.7. The van der Waals surface area contributed by atoms with Crippen molar-refractivity contribution in [1.29, 1.82) is 0 Å². The van der Waals surface area contributed by atoms with Crippen molar-refractivity contribution in [3.63, 3.8) is 0 Å². The summed E-state index contributed by atoms with van der Waals surface area (Å²) in [5.74, 6) is 0.694. The van der Waals surface area contributed by atoms with Crippen molar-refractivity contribution >= 4 is 19.5 Å². The Kier molecular flexibility index (Phi) is 5.95. The van der Waals surface area contributed by atoms with E-state index in [1.807, 2.05) is 0 Å². The summed E-state index contributed by atoms with van der Waals surface area (Å²) in [7, 11) is 0. The summed E-state index contributed by atoms with van der Waals surface area (Å²) in [6.07, 6.45) is 0. The fraction of sp³-hybridized carbons (Fsp3) is 0.600. The van der Waals surface area contributed by atoms with Gasteiger partial charge in [0.15, 0.2) is 0 Å². The van der Waals surface area contributed by atoms with Crippen LogP contribution in [0.15, 0.2) is 22.3 Å². The molecule has 0 nitrogen and oxygen atoms in total. The Morgan fingerprint density at radius 1 is 0.778 bits per heavy atom.